The van der Waals surface area contributed by atoms with Crippen molar-refractivity contribution in [3.05, 3.63) is 40.7 Å². The number of hydrogen-bond acceptors (Lipinski definition) is 6. The van der Waals surface area contributed by atoms with E-state index in [1.807, 2.05) is 6.92 Å². The lowest BCUT2D eigenvalue weighted by Crippen LogP contribution is -2.27. The molecule has 26 heavy (non-hydrogen) atoms. The molecule has 0 aliphatic heterocycles. The minimum atomic E-state index is -3.50. The summed E-state index contributed by atoms with van der Waals surface area (Å²) in [6.07, 6.45) is 1.76. The van der Waals surface area contributed by atoms with Crippen molar-refractivity contribution in [2.24, 2.45) is 0 Å². The van der Waals surface area contributed by atoms with Gasteiger partial charge in [0, 0.05) is 29.6 Å². The molecule has 0 saturated carbocycles. The smallest absolute Gasteiger partial charge is 0.259 e. The van der Waals surface area contributed by atoms with E-state index in [4.69, 9.17) is 16.1 Å². The summed E-state index contributed by atoms with van der Waals surface area (Å²) in [4.78, 5) is 4.35. The van der Waals surface area contributed by atoms with Crippen molar-refractivity contribution in [2.75, 3.05) is 13.6 Å². The Morgan fingerprint density at radius 3 is 2.65 bits per heavy atom. The van der Waals surface area contributed by atoms with Gasteiger partial charge in [0.05, 0.1) is 5.56 Å². The molecule has 138 valence electrons. The van der Waals surface area contributed by atoms with Crippen LogP contribution in [0.5, 0.6) is 0 Å². The first-order valence-corrected chi connectivity index (χ1v) is 10.8. The summed E-state index contributed by atoms with van der Waals surface area (Å²) in [5, 5.41) is 6.29. The van der Waals surface area contributed by atoms with Crippen LogP contribution in [0.15, 0.2) is 44.4 Å². The maximum atomic E-state index is 12.6. The second-order valence-corrected chi connectivity index (χ2v) is 9.38. The summed E-state index contributed by atoms with van der Waals surface area (Å²) in [5.41, 5.74) is 1.36. The maximum absolute atomic E-state index is 12.6. The Labute approximate surface area is 161 Å². The van der Waals surface area contributed by atoms with E-state index in [1.54, 1.807) is 42.8 Å². The second-order valence-electron chi connectivity index (χ2n) is 5.76. The van der Waals surface area contributed by atoms with Crippen molar-refractivity contribution < 1.29 is 12.9 Å². The number of aromatic nitrogens is 2. The quantitative estimate of drug-likeness (QED) is 0.570. The van der Waals surface area contributed by atoms with Gasteiger partial charge < -0.3 is 4.52 Å². The molecule has 0 saturated heterocycles. The Kier molecular flexibility index (Phi) is 5.76. The van der Waals surface area contributed by atoms with Crippen LogP contribution in [-0.4, -0.2) is 36.5 Å². The van der Waals surface area contributed by atoms with Crippen molar-refractivity contribution >= 4 is 33.0 Å². The first-order chi connectivity index (χ1) is 12.4. The van der Waals surface area contributed by atoms with Gasteiger partial charge in [-0.2, -0.15) is 4.98 Å². The third kappa shape index (κ3) is 3.98. The Morgan fingerprint density at radius 2 is 1.96 bits per heavy atom. The van der Waals surface area contributed by atoms with Crippen molar-refractivity contribution in [2.45, 2.75) is 24.0 Å². The van der Waals surface area contributed by atoms with Crippen LogP contribution < -0.4 is 0 Å². The van der Waals surface area contributed by atoms with Crippen molar-refractivity contribution in [3.63, 3.8) is 0 Å². The summed E-state index contributed by atoms with van der Waals surface area (Å²) in [6, 6.07) is 8.65. The van der Waals surface area contributed by atoms with Crippen LogP contribution in [0.2, 0.25) is 5.02 Å². The summed E-state index contributed by atoms with van der Waals surface area (Å²) < 4.78 is 32.1. The lowest BCUT2D eigenvalue weighted by molar-refractivity contribution is 0.432. The van der Waals surface area contributed by atoms with E-state index in [0.717, 1.165) is 29.7 Å². The third-order valence-corrected chi connectivity index (χ3v) is 7.37. The molecule has 9 heteroatoms. The molecule has 0 fully saturated rings. The number of sulfonamides is 1. The number of halogens is 1. The Balaban J connectivity index is 1.83. The van der Waals surface area contributed by atoms with E-state index in [9.17, 15) is 8.42 Å². The van der Waals surface area contributed by atoms with Crippen molar-refractivity contribution in [1.29, 1.82) is 0 Å². The summed E-state index contributed by atoms with van der Waals surface area (Å²) in [7, 11) is -1.91. The molecule has 6 nitrogen and oxygen atoms in total. The van der Waals surface area contributed by atoms with Crippen LogP contribution in [0.3, 0.4) is 0 Å². The Bertz CT molecular complexity index is 981. The number of unbranched alkanes of at least 4 members (excludes halogenated alkanes) is 1. The van der Waals surface area contributed by atoms with Crippen LogP contribution in [0.25, 0.3) is 22.8 Å². The van der Waals surface area contributed by atoms with Gasteiger partial charge >= 0.3 is 0 Å². The number of thiophene rings is 1. The first kappa shape index (κ1) is 19.0. The van der Waals surface area contributed by atoms with Gasteiger partial charge in [0.2, 0.25) is 5.82 Å². The van der Waals surface area contributed by atoms with Gasteiger partial charge in [-0.25, -0.2) is 12.7 Å². The van der Waals surface area contributed by atoms with Gasteiger partial charge in [-0.3, -0.25) is 0 Å². The van der Waals surface area contributed by atoms with E-state index in [-0.39, 0.29) is 10.1 Å². The standard InChI is InChI=1S/C17H18ClN3O3S2/c1-3-4-9-21(2)26(22,23)15-10-13(11-25-15)17-19-16(20-24-17)12-5-7-14(18)8-6-12/h5-8,10-11H,3-4,9H2,1-2H3. The van der Waals surface area contributed by atoms with Gasteiger partial charge in [-0.05, 0) is 36.8 Å². The number of benzene rings is 1. The van der Waals surface area contributed by atoms with E-state index in [0.29, 0.717) is 23.0 Å². The molecule has 0 N–H and O–H groups in total. The lowest BCUT2D eigenvalue weighted by Gasteiger charge is -2.15. The highest BCUT2D eigenvalue weighted by atomic mass is 35.5. The molecule has 0 atom stereocenters. The maximum Gasteiger partial charge on any atom is 0.259 e. The van der Waals surface area contributed by atoms with E-state index >= 15 is 0 Å². The largest absolute Gasteiger partial charge is 0.334 e. The fraction of sp³-hybridized carbons (Fsp3) is 0.294. The van der Waals surface area contributed by atoms with Crippen LogP contribution in [0.1, 0.15) is 19.8 Å². The van der Waals surface area contributed by atoms with Gasteiger partial charge in [-0.1, -0.05) is 30.1 Å². The molecule has 0 bridgehead atoms. The average molecular weight is 412 g/mol. The lowest BCUT2D eigenvalue weighted by atomic mass is 10.2. The number of hydrogen-bond donors (Lipinski definition) is 0. The molecule has 0 aliphatic rings. The summed E-state index contributed by atoms with van der Waals surface area (Å²) in [5.74, 6) is 0.705. The van der Waals surface area contributed by atoms with E-state index in [2.05, 4.69) is 10.1 Å². The van der Waals surface area contributed by atoms with E-state index in [1.165, 1.54) is 4.31 Å². The number of rotatable bonds is 7. The topological polar surface area (TPSA) is 76.3 Å². The van der Waals surface area contributed by atoms with Crippen LogP contribution in [-0.2, 0) is 10.0 Å². The van der Waals surface area contributed by atoms with Crippen molar-refractivity contribution in [3.8, 4) is 22.8 Å². The zero-order valence-corrected chi connectivity index (χ0v) is 16.7. The molecule has 0 radical (unpaired) electrons. The molecule has 0 aliphatic carbocycles. The molecular formula is C17H18ClN3O3S2. The molecule has 0 spiro atoms. The average Bonchev–Trinajstić information content (AvgIpc) is 3.29. The normalized spacial score (nSPS) is 12.0. The van der Waals surface area contributed by atoms with Crippen LogP contribution >= 0.6 is 22.9 Å². The molecule has 3 rings (SSSR count). The van der Waals surface area contributed by atoms with Gasteiger partial charge in [0.1, 0.15) is 4.21 Å². The Hall–Kier alpha value is -1.74. The van der Waals surface area contributed by atoms with Crippen LogP contribution in [0.4, 0.5) is 0 Å². The highest BCUT2D eigenvalue weighted by Crippen LogP contribution is 2.30. The molecule has 3 aromatic rings. The van der Waals surface area contributed by atoms with E-state index < -0.39 is 10.0 Å². The molecule has 0 unspecified atom stereocenters. The zero-order valence-electron chi connectivity index (χ0n) is 14.3. The molecular weight excluding hydrogens is 394 g/mol. The zero-order chi connectivity index (χ0) is 18.7. The van der Waals surface area contributed by atoms with Gasteiger partial charge in [0.15, 0.2) is 0 Å². The fourth-order valence-corrected chi connectivity index (χ4v) is 4.97. The van der Waals surface area contributed by atoms with Crippen molar-refractivity contribution in [1.82, 2.24) is 14.4 Å². The predicted octanol–water partition coefficient (Wildman–Crippen LogP) is 4.54. The van der Waals surface area contributed by atoms with Gasteiger partial charge in [0.25, 0.3) is 15.9 Å². The summed E-state index contributed by atoms with van der Waals surface area (Å²) in [6.45, 7) is 2.52. The monoisotopic (exact) mass is 411 g/mol. The number of nitrogens with zero attached hydrogens (tertiary/aromatic N) is 3. The minimum absolute atomic E-state index is 0.261. The second kappa shape index (κ2) is 7.87. The molecule has 1 aromatic carbocycles. The molecule has 2 aromatic heterocycles. The highest BCUT2D eigenvalue weighted by molar-refractivity contribution is 7.91. The highest BCUT2D eigenvalue weighted by Gasteiger charge is 2.24. The third-order valence-electron chi connectivity index (χ3n) is 3.84. The predicted molar refractivity (Wildman–Crippen MR) is 103 cm³/mol. The first-order valence-electron chi connectivity index (χ1n) is 8.06. The molecule has 0 amide bonds. The minimum Gasteiger partial charge on any atom is -0.334 e. The Morgan fingerprint density at radius 1 is 1.23 bits per heavy atom. The SMILES string of the molecule is CCCCN(C)S(=O)(=O)c1cc(-c2nc(-c3ccc(Cl)cc3)no2)cs1. The van der Waals surface area contributed by atoms with Crippen LogP contribution in [0, 0.1) is 0 Å². The fourth-order valence-electron chi connectivity index (χ4n) is 2.28. The summed E-state index contributed by atoms with van der Waals surface area (Å²) >= 11 is 7.02. The van der Waals surface area contributed by atoms with Gasteiger partial charge in [-0.15, -0.1) is 11.3 Å². The molecule has 2 heterocycles.